The van der Waals surface area contributed by atoms with Crippen molar-refractivity contribution in [3.8, 4) is 5.75 Å². The molecule has 104 valence electrons. The Hall–Kier alpha value is -1.88. The maximum Gasteiger partial charge on any atom is 0.261 e. The number of carbonyl (C=O) groups is 1. The molecular formula is C15H13BrFNO2. The maximum absolute atomic E-state index is 13.9. The van der Waals surface area contributed by atoms with Crippen molar-refractivity contribution in [3.63, 3.8) is 0 Å². The van der Waals surface area contributed by atoms with Gasteiger partial charge >= 0.3 is 0 Å². The summed E-state index contributed by atoms with van der Waals surface area (Å²) < 4.78 is 19.3. The van der Waals surface area contributed by atoms with Gasteiger partial charge in [0, 0.05) is 12.7 Å². The van der Waals surface area contributed by atoms with Gasteiger partial charge in [0.1, 0.15) is 11.6 Å². The molecule has 2 aromatic carbocycles. The molecular weight excluding hydrogens is 325 g/mol. The van der Waals surface area contributed by atoms with E-state index in [0.717, 1.165) is 0 Å². The molecule has 1 amide bonds. The van der Waals surface area contributed by atoms with E-state index in [2.05, 4.69) is 15.9 Å². The van der Waals surface area contributed by atoms with Gasteiger partial charge in [0.2, 0.25) is 0 Å². The minimum Gasteiger partial charge on any atom is -0.497 e. The Morgan fingerprint density at radius 1 is 1.20 bits per heavy atom. The second kappa shape index (κ2) is 6.05. The minimum atomic E-state index is -0.558. The average molecular weight is 338 g/mol. The molecule has 0 radical (unpaired) electrons. The highest BCUT2D eigenvalue weighted by atomic mass is 79.9. The normalized spacial score (nSPS) is 10.2. The lowest BCUT2D eigenvalue weighted by molar-refractivity contribution is 0.0989. The molecule has 0 unspecified atom stereocenters. The molecule has 0 N–H and O–H groups in total. The Labute approximate surface area is 125 Å². The van der Waals surface area contributed by atoms with Crippen LogP contribution >= 0.6 is 15.9 Å². The molecule has 2 aromatic rings. The number of rotatable bonds is 3. The van der Waals surface area contributed by atoms with E-state index in [0.29, 0.717) is 11.4 Å². The largest absolute Gasteiger partial charge is 0.497 e. The van der Waals surface area contributed by atoms with E-state index in [-0.39, 0.29) is 10.0 Å². The van der Waals surface area contributed by atoms with Crippen molar-refractivity contribution >= 4 is 27.5 Å². The second-order valence-electron chi connectivity index (χ2n) is 4.16. The van der Waals surface area contributed by atoms with Crippen molar-refractivity contribution in [1.29, 1.82) is 0 Å². The van der Waals surface area contributed by atoms with Gasteiger partial charge in [-0.2, -0.15) is 0 Å². The first-order valence-electron chi connectivity index (χ1n) is 5.90. The number of methoxy groups -OCH3 is 1. The minimum absolute atomic E-state index is 0.0256. The molecule has 0 aliphatic rings. The molecule has 20 heavy (non-hydrogen) atoms. The van der Waals surface area contributed by atoms with Crippen molar-refractivity contribution in [2.75, 3.05) is 19.1 Å². The molecule has 0 saturated heterocycles. The molecule has 0 aliphatic heterocycles. The summed E-state index contributed by atoms with van der Waals surface area (Å²) >= 11 is 3.08. The highest BCUT2D eigenvalue weighted by molar-refractivity contribution is 9.10. The van der Waals surface area contributed by atoms with Gasteiger partial charge in [0.25, 0.3) is 5.91 Å². The van der Waals surface area contributed by atoms with Crippen LogP contribution in [0.4, 0.5) is 10.1 Å². The van der Waals surface area contributed by atoms with E-state index in [1.54, 1.807) is 50.6 Å². The summed E-state index contributed by atoms with van der Waals surface area (Å²) in [6.07, 6.45) is 0. The highest BCUT2D eigenvalue weighted by Crippen LogP contribution is 2.23. The SMILES string of the molecule is COc1ccc(N(C)C(=O)c2cccc(Br)c2F)cc1. The van der Waals surface area contributed by atoms with Gasteiger partial charge < -0.3 is 9.64 Å². The molecule has 0 atom stereocenters. The molecule has 2 rings (SSSR count). The molecule has 0 bridgehead atoms. The second-order valence-corrected chi connectivity index (χ2v) is 5.02. The lowest BCUT2D eigenvalue weighted by Gasteiger charge is -2.18. The topological polar surface area (TPSA) is 29.5 Å². The first-order chi connectivity index (χ1) is 9.54. The van der Waals surface area contributed by atoms with Crippen LogP contribution in [0.25, 0.3) is 0 Å². The van der Waals surface area contributed by atoms with Gasteiger partial charge in [-0.05, 0) is 52.3 Å². The third-order valence-corrected chi connectivity index (χ3v) is 3.56. The van der Waals surface area contributed by atoms with Crippen molar-refractivity contribution in [1.82, 2.24) is 0 Å². The van der Waals surface area contributed by atoms with E-state index in [1.165, 1.54) is 11.0 Å². The summed E-state index contributed by atoms with van der Waals surface area (Å²) in [5.74, 6) is -0.268. The zero-order valence-corrected chi connectivity index (χ0v) is 12.6. The van der Waals surface area contributed by atoms with E-state index in [1.807, 2.05) is 0 Å². The van der Waals surface area contributed by atoms with Crippen LogP contribution in [-0.2, 0) is 0 Å². The Bertz CT molecular complexity index is 628. The van der Waals surface area contributed by atoms with Gasteiger partial charge in [0.15, 0.2) is 0 Å². The number of carbonyl (C=O) groups excluding carboxylic acids is 1. The summed E-state index contributed by atoms with van der Waals surface area (Å²) in [7, 11) is 3.17. The van der Waals surface area contributed by atoms with Crippen LogP contribution < -0.4 is 9.64 Å². The molecule has 0 aliphatic carbocycles. The van der Waals surface area contributed by atoms with Crippen LogP contribution in [0.5, 0.6) is 5.75 Å². The van der Waals surface area contributed by atoms with Crippen molar-refractivity contribution in [2.24, 2.45) is 0 Å². The fourth-order valence-electron chi connectivity index (χ4n) is 1.77. The molecule has 0 fully saturated rings. The van der Waals surface area contributed by atoms with Gasteiger partial charge in [-0.3, -0.25) is 4.79 Å². The fraction of sp³-hybridized carbons (Fsp3) is 0.133. The van der Waals surface area contributed by atoms with Crippen LogP contribution in [0.3, 0.4) is 0 Å². The van der Waals surface area contributed by atoms with Gasteiger partial charge in [0.05, 0.1) is 17.1 Å². The van der Waals surface area contributed by atoms with Crippen LogP contribution in [0.15, 0.2) is 46.9 Å². The number of hydrogen-bond donors (Lipinski definition) is 0. The van der Waals surface area contributed by atoms with Crippen LogP contribution in [0.2, 0.25) is 0 Å². The molecule has 5 heteroatoms. The first kappa shape index (κ1) is 14.5. The fourth-order valence-corrected chi connectivity index (χ4v) is 2.14. The smallest absolute Gasteiger partial charge is 0.261 e. The van der Waals surface area contributed by atoms with Gasteiger partial charge in [-0.1, -0.05) is 6.07 Å². The first-order valence-corrected chi connectivity index (χ1v) is 6.70. The molecule has 3 nitrogen and oxygen atoms in total. The predicted octanol–water partition coefficient (Wildman–Crippen LogP) is 3.87. The Morgan fingerprint density at radius 3 is 2.45 bits per heavy atom. The molecule has 0 heterocycles. The standard InChI is InChI=1S/C15H13BrFNO2/c1-18(10-6-8-11(20-2)9-7-10)15(19)12-4-3-5-13(16)14(12)17/h3-9H,1-2H3. The number of amides is 1. The number of halogens is 2. The lowest BCUT2D eigenvalue weighted by atomic mass is 10.1. The molecule has 0 saturated carbocycles. The zero-order chi connectivity index (χ0) is 14.7. The number of hydrogen-bond acceptors (Lipinski definition) is 2. The third-order valence-electron chi connectivity index (χ3n) is 2.95. The lowest BCUT2D eigenvalue weighted by Crippen LogP contribution is -2.27. The predicted molar refractivity (Wildman–Crippen MR) is 79.8 cm³/mol. The Morgan fingerprint density at radius 2 is 1.85 bits per heavy atom. The van der Waals surface area contributed by atoms with Crippen LogP contribution in [-0.4, -0.2) is 20.1 Å². The monoisotopic (exact) mass is 337 g/mol. The van der Waals surface area contributed by atoms with Crippen molar-refractivity contribution < 1.29 is 13.9 Å². The van der Waals surface area contributed by atoms with Gasteiger partial charge in [-0.15, -0.1) is 0 Å². The maximum atomic E-state index is 13.9. The number of anilines is 1. The van der Waals surface area contributed by atoms with E-state index < -0.39 is 11.7 Å². The average Bonchev–Trinajstić information content (AvgIpc) is 2.48. The summed E-state index contributed by atoms with van der Waals surface area (Å²) in [4.78, 5) is 13.7. The number of nitrogens with zero attached hydrogens (tertiary/aromatic N) is 1. The zero-order valence-electron chi connectivity index (χ0n) is 11.1. The Kier molecular flexibility index (Phi) is 4.39. The number of benzene rings is 2. The summed E-state index contributed by atoms with van der Waals surface area (Å²) in [5, 5.41) is 0. The Balaban J connectivity index is 2.29. The van der Waals surface area contributed by atoms with Crippen LogP contribution in [0, 0.1) is 5.82 Å². The van der Waals surface area contributed by atoms with Crippen LogP contribution in [0.1, 0.15) is 10.4 Å². The van der Waals surface area contributed by atoms with Crippen molar-refractivity contribution in [2.45, 2.75) is 0 Å². The van der Waals surface area contributed by atoms with E-state index in [9.17, 15) is 9.18 Å². The highest BCUT2D eigenvalue weighted by Gasteiger charge is 2.18. The number of ether oxygens (including phenoxy) is 1. The van der Waals surface area contributed by atoms with E-state index >= 15 is 0 Å². The quantitative estimate of drug-likeness (QED) is 0.850. The van der Waals surface area contributed by atoms with Gasteiger partial charge in [-0.25, -0.2) is 4.39 Å². The van der Waals surface area contributed by atoms with Crippen molar-refractivity contribution in [3.05, 3.63) is 58.3 Å². The molecule has 0 spiro atoms. The summed E-state index contributed by atoms with van der Waals surface area (Å²) in [5.41, 5.74) is 0.688. The van der Waals surface area contributed by atoms with E-state index in [4.69, 9.17) is 4.74 Å². The summed E-state index contributed by atoms with van der Waals surface area (Å²) in [6, 6.07) is 11.6. The summed E-state index contributed by atoms with van der Waals surface area (Å²) in [6.45, 7) is 0. The molecule has 0 aromatic heterocycles. The third kappa shape index (κ3) is 2.82.